The average molecular weight is 356 g/mol. The molecular formula is C8H3F11O3. The van der Waals surface area contributed by atoms with Crippen molar-refractivity contribution in [1.29, 1.82) is 0 Å². The topological polar surface area (TPSA) is 43.4 Å². The van der Waals surface area contributed by atoms with Gasteiger partial charge in [-0.15, -0.1) is 0 Å². The van der Waals surface area contributed by atoms with E-state index in [2.05, 4.69) is 4.74 Å². The molecule has 0 aromatic heterocycles. The van der Waals surface area contributed by atoms with Crippen LogP contribution in [-0.4, -0.2) is 48.7 Å². The summed E-state index contributed by atoms with van der Waals surface area (Å²) in [5.74, 6) is -8.24. The number of carbonyl (C=O) groups excluding carboxylic acids is 2. The first-order chi connectivity index (χ1) is 9.39. The number of methoxy groups -OCH3 is 1. The van der Waals surface area contributed by atoms with Crippen LogP contribution in [0.1, 0.15) is 0 Å². The zero-order valence-corrected chi connectivity index (χ0v) is 9.88. The van der Waals surface area contributed by atoms with Crippen molar-refractivity contribution in [1.82, 2.24) is 0 Å². The Balaban J connectivity index is 6.54. The molecule has 22 heavy (non-hydrogen) atoms. The fraction of sp³-hybridized carbons (Fsp3) is 0.750. The average Bonchev–Trinajstić information content (AvgIpc) is 2.30. The molecule has 1 unspecified atom stereocenters. The zero-order valence-electron chi connectivity index (χ0n) is 9.88. The lowest BCUT2D eigenvalue weighted by Gasteiger charge is -2.33. The maximum atomic E-state index is 13.5. The van der Waals surface area contributed by atoms with E-state index in [1.54, 1.807) is 0 Å². The second-order valence-electron chi connectivity index (χ2n) is 3.63. The van der Waals surface area contributed by atoms with Crippen LogP contribution in [0.3, 0.4) is 0 Å². The van der Waals surface area contributed by atoms with Crippen molar-refractivity contribution < 1.29 is 62.6 Å². The summed E-state index contributed by atoms with van der Waals surface area (Å²) >= 11 is 0. The van der Waals surface area contributed by atoms with E-state index in [1.807, 2.05) is 0 Å². The largest absolute Gasteiger partial charge is 0.466 e. The van der Waals surface area contributed by atoms with Crippen LogP contribution in [0, 0.1) is 0 Å². The number of alkyl halides is 11. The maximum absolute atomic E-state index is 13.5. The molecule has 0 aliphatic carbocycles. The smallest absolute Gasteiger partial charge is 0.441 e. The van der Waals surface area contributed by atoms with Gasteiger partial charge in [0.2, 0.25) is 5.78 Å². The number of esters is 1. The van der Waals surface area contributed by atoms with E-state index < -0.39 is 41.6 Å². The fourth-order valence-corrected chi connectivity index (χ4v) is 1.13. The number of ether oxygens (including phenoxy) is 1. The van der Waals surface area contributed by atoms with E-state index in [1.165, 1.54) is 0 Å². The Kier molecular flexibility index (Phi) is 4.84. The number of hydrogen-bond acceptors (Lipinski definition) is 3. The summed E-state index contributed by atoms with van der Waals surface area (Å²) in [6, 6.07) is 0. The van der Waals surface area contributed by atoms with Crippen molar-refractivity contribution in [3.05, 3.63) is 0 Å². The maximum Gasteiger partial charge on any atom is 0.441 e. The molecule has 0 N–H and O–H groups in total. The molecule has 0 saturated carbocycles. The van der Waals surface area contributed by atoms with Gasteiger partial charge in [0, 0.05) is 0 Å². The summed E-state index contributed by atoms with van der Waals surface area (Å²) in [5, 5.41) is 0. The Morgan fingerprint density at radius 2 is 1.00 bits per heavy atom. The number of ketones is 1. The van der Waals surface area contributed by atoms with Gasteiger partial charge in [0.25, 0.3) is 0 Å². The molecule has 0 fully saturated rings. The molecule has 0 aliphatic heterocycles. The second kappa shape index (κ2) is 5.22. The van der Waals surface area contributed by atoms with Gasteiger partial charge in [0.15, 0.2) is 0 Å². The van der Waals surface area contributed by atoms with Crippen LogP contribution < -0.4 is 0 Å². The normalized spacial score (nSPS) is 16.9. The molecule has 130 valence electrons. The molecule has 0 heterocycles. The van der Waals surface area contributed by atoms with Gasteiger partial charge in [-0.1, -0.05) is 0 Å². The monoisotopic (exact) mass is 356 g/mol. The Morgan fingerprint density at radius 1 is 0.682 bits per heavy atom. The minimum absolute atomic E-state index is 0.0726. The first kappa shape index (κ1) is 20.4. The van der Waals surface area contributed by atoms with Crippen molar-refractivity contribution in [2.45, 2.75) is 29.9 Å². The molecule has 0 radical (unpaired) electrons. The molecule has 0 bridgehead atoms. The first-order valence-corrected chi connectivity index (χ1v) is 4.60. The molecule has 3 nitrogen and oxygen atoms in total. The molecular weight excluding hydrogens is 353 g/mol. The van der Waals surface area contributed by atoms with E-state index >= 15 is 0 Å². The van der Waals surface area contributed by atoms with Gasteiger partial charge in [-0.05, 0) is 0 Å². The van der Waals surface area contributed by atoms with Crippen LogP contribution in [0.4, 0.5) is 48.3 Å². The van der Waals surface area contributed by atoms with E-state index in [4.69, 9.17) is 0 Å². The third kappa shape index (κ3) is 2.69. The van der Waals surface area contributed by atoms with Gasteiger partial charge >= 0.3 is 35.8 Å². The highest BCUT2D eigenvalue weighted by molar-refractivity contribution is 6.12. The van der Waals surface area contributed by atoms with Crippen LogP contribution in [0.5, 0.6) is 0 Å². The van der Waals surface area contributed by atoms with Crippen LogP contribution in [0.25, 0.3) is 0 Å². The first-order valence-electron chi connectivity index (χ1n) is 4.60. The lowest BCUT2D eigenvalue weighted by molar-refractivity contribution is -0.332. The Morgan fingerprint density at radius 3 is 1.18 bits per heavy atom. The van der Waals surface area contributed by atoms with E-state index in [0.717, 1.165) is 0 Å². The highest BCUT2D eigenvalue weighted by atomic mass is 19.4. The molecule has 0 rings (SSSR count). The molecule has 0 amide bonds. The second-order valence-corrected chi connectivity index (χ2v) is 3.63. The minimum Gasteiger partial charge on any atom is -0.466 e. The molecule has 0 aromatic carbocycles. The number of hydrogen-bond donors (Lipinski definition) is 0. The van der Waals surface area contributed by atoms with Gasteiger partial charge in [-0.25, -0.2) is 13.6 Å². The van der Waals surface area contributed by atoms with Crippen molar-refractivity contribution >= 4 is 11.8 Å². The Bertz CT molecular complexity index is 445. The lowest BCUT2D eigenvalue weighted by atomic mass is 9.86. The molecule has 1 atom stereocenters. The highest BCUT2D eigenvalue weighted by Gasteiger charge is 2.85. The predicted octanol–water partition coefficient (Wildman–Crippen LogP) is 2.83. The van der Waals surface area contributed by atoms with Crippen LogP contribution >= 0.6 is 0 Å². The summed E-state index contributed by atoms with van der Waals surface area (Å²) < 4.78 is 139. The Labute approximate surface area is 113 Å². The summed E-state index contributed by atoms with van der Waals surface area (Å²) in [4.78, 5) is 21.4. The lowest BCUT2D eigenvalue weighted by Crippen LogP contribution is -2.69. The van der Waals surface area contributed by atoms with Gasteiger partial charge in [-0.3, -0.25) is 4.79 Å². The molecule has 14 heteroatoms. The summed E-state index contributed by atoms with van der Waals surface area (Å²) in [6.45, 7) is 0. The predicted molar refractivity (Wildman–Crippen MR) is 42.9 cm³/mol. The Hall–Kier alpha value is -1.63. The SMILES string of the molecule is COC(=O)C(F)(C(=O)C(F)(C(F)(F)F)C(F)(F)F)C(F)(F)F. The van der Waals surface area contributed by atoms with Gasteiger partial charge in [0.05, 0.1) is 7.11 Å². The molecule has 0 aromatic rings. The third-order valence-electron chi connectivity index (χ3n) is 2.26. The number of halogens is 11. The summed E-state index contributed by atoms with van der Waals surface area (Å²) in [6.07, 6.45) is -21.6. The standard InChI is InChI=1S/C8H3F11O3/c1-22-3(21)4(9,6(11,12)13)2(20)5(10,7(14,15)16)8(17,18)19/h1H3. The number of rotatable bonds is 3. The summed E-state index contributed by atoms with van der Waals surface area (Å²) in [7, 11) is -0.0726. The minimum atomic E-state index is -7.32. The van der Waals surface area contributed by atoms with Crippen LogP contribution in [0.2, 0.25) is 0 Å². The molecule has 0 spiro atoms. The van der Waals surface area contributed by atoms with Crippen LogP contribution in [0.15, 0.2) is 0 Å². The van der Waals surface area contributed by atoms with Crippen molar-refractivity contribution in [3.63, 3.8) is 0 Å². The molecule has 0 saturated heterocycles. The van der Waals surface area contributed by atoms with Crippen molar-refractivity contribution in [2.24, 2.45) is 0 Å². The van der Waals surface area contributed by atoms with Gasteiger partial charge in [-0.2, -0.15) is 39.5 Å². The van der Waals surface area contributed by atoms with E-state index in [-0.39, 0.29) is 7.11 Å². The number of carbonyl (C=O) groups is 2. The van der Waals surface area contributed by atoms with Gasteiger partial charge in [0.1, 0.15) is 0 Å². The molecule has 0 aliphatic rings. The van der Waals surface area contributed by atoms with Gasteiger partial charge < -0.3 is 4.74 Å². The van der Waals surface area contributed by atoms with Crippen LogP contribution in [-0.2, 0) is 14.3 Å². The van der Waals surface area contributed by atoms with Crippen molar-refractivity contribution in [2.75, 3.05) is 7.11 Å². The van der Waals surface area contributed by atoms with Crippen molar-refractivity contribution in [3.8, 4) is 0 Å². The van der Waals surface area contributed by atoms with E-state index in [0.29, 0.717) is 0 Å². The highest BCUT2D eigenvalue weighted by Crippen LogP contribution is 2.51. The van der Waals surface area contributed by atoms with E-state index in [9.17, 15) is 57.9 Å². The zero-order chi connectivity index (χ0) is 18.4. The fourth-order valence-electron chi connectivity index (χ4n) is 1.13. The number of Topliss-reactive ketones (excluding diaryl/α,β-unsaturated/α-hetero) is 1. The summed E-state index contributed by atoms with van der Waals surface area (Å²) in [5.41, 5.74) is -13.8. The quantitative estimate of drug-likeness (QED) is 0.444. The third-order valence-corrected chi connectivity index (χ3v) is 2.26.